The smallest absolute Gasteiger partial charge is 0.228 e. The van der Waals surface area contributed by atoms with E-state index in [0.717, 1.165) is 32.5 Å². The van der Waals surface area contributed by atoms with Crippen LogP contribution in [0.15, 0.2) is 59.3 Å². The summed E-state index contributed by atoms with van der Waals surface area (Å²) >= 11 is 3.48. The molecule has 0 unspecified atom stereocenters. The van der Waals surface area contributed by atoms with E-state index >= 15 is 0 Å². The highest BCUT2D eigenvalue weighted by Crippen LogP contribution is 2.37. The van der Waals surface area contributed by atoms with Crippen molar-refractivity contribution in [3.8, 4) is 17.2 Å². The van der Waals surface area contributed by atoms with Crippen molar-refractivity contribution in [3.05, 3.63) is 70.5 Å². The third-order valence-corrected chi connectivity index (χ3v) is 4.74. The summed E-state index contributed by atoms with van der Waals surface area (Å²) in [6.45, 7) is 0. The van der Waals surface area contributed by atoms with Crippen LogP contribution in [-0.2, 0) is 11.2 Å². The second-order valence-corrected chi connectivity index (χ2v) is 6.83. The zero-order valence-corrected chi connectivity index (χ0v) is 15.2. The van der Waals surface area contributed by atoms with Crippen LogP contribution >= 0.6 is 15.9 Å². The largest absolute Gasteiger partial charge is 0.354 e. The van der Waals surface area contributed by atoms with Crippen molar-refractivity contribution in [1.29, 1.82) is 5.26 Å². The highest BCUT2D eigenvalue weighted by Gasteiger charge is 2.21. The minimum atomic E-state index is -0.0308. The molecular weight excluding hydrogens is 392 g/mol. The first kappa shape index (κ1) is 16.3. The van der Waals surface area contributed by atoms with Gasteiger partial charge in [0.25, 0.3) is 0 Å². The Hall–Kier alpha value is -3.17. The van der Waals surface area contributed by atoms with E-state index in [1.807, 2.05) is 42.5 Å². The maximum absolute atomic E-state index is 11.7. The lowest BCUT2D eigenvalue weighted by molar-refractivity contribution is -0.115. The van der Waals surface area contributed by atoms with Gasteiger partial charge in [0.15, 0.2) is 0 Å². The molecule has 5 nitrogen and oxygen atoms in total. The van der Waals surface area contributed by atoms with E-state index in [1.165, 1.54) is 6.20 Å². The number of rotatable bonds is 3. The molecular formula is C20H13BrN4O. The summed E-state index contributed by atoms with van der Waals surface area (Å²) in [4.78, 5) is 16.0. The van der Waals surface area contributed by atoms with E-state index in [-0.39, 0.29) is 5.91 Å². The molecule has 0 spiro atoms. The van der Waals surface area contributed by atoms with Crippen molar-refractivity contribution in [1.82, 2.24) is 4.98 Å². The molecule has 0 atom stereocenters. The Bertz CT molecular complexity index is 1070. The second kappa shape index (κ2) is 6.62. The fourth-order valence-electron chi connectivity index (χ4n) is 3.06. The van der Waals surface area contributed by atoms with Crippen LogP contribution in [0.4, 0.5) is 17.1 Å². The molecule has 26 heavy (non-hydrogen) atoms. The fraction of sp³-hybridized carbons (Fsp3) is 0.0500. The number of carbonyl (C=O) groups is 1. The summed E-state index contributed by atoms with van der Waals surface area (Å²) in [5, 5.41) is 15.8. The Morgan fingerprint density at radius 2 is 2.04 bits per heavy atom. The number of halogens is 1. The van der Waals surface area contributed by atoms with Gasteiger partial charge in [-0.05, 0) is 29.8 Å². The minimum Gasteiger partial charge on any atom is -0.354 e. The summed E-state index contributed by atoms with van der Waals surface area (Å²) in [6.07, 6.45) is 3.59. The Kier molecular flexibility index (Phi) is 4.15. The van der Waals surface area contributed by atoms with Crippen molar-refractivity contribution in [2.75, 3.05) is 10.6 Å². The number of nitrogens with one attached hydrogen (secondary N) is 2. The predicted molar refractivity (Wildman–Crippen MR) is 104 cm³/mol. The molecule has 2 heterocycles. The predicted octanol–water partition coefficient (Wildman–Crippen LogP) is 4.62. The molecule has 2 N–H and O–H groups in total. The number of nitriles is 1. The van der Waals surface area contributed by atoms with Gasteiger partial charge in [-0.2, -0.15) is 5.26 Å². The number of carbonyl (C=O) groups excluding carboxylic acids is 1. The first-order valence-corrected chi connectivity index (χ1v) is 8.78. The molecule has 0 aliphatic carbocycles. The van der Waals surface area contributed by atoms with Crippen LogP contribution < -0.4 is 10.6 Å². The van der Waals surface area contributed by atoms with Gasteiger partial charge in [0, 0.05) is 39.4 Å². The van der Waals surface area contributed by atoms with Gasteiger partial charge in [-0.25, -0.2) is 0 Å². The summed E-state index contributed by atoms with van der Waals surface area (Å²) in [6, 6.07) is 15.7. The van der Waals surface area contributed by atoms with E-state index in [2.05, 4.69) is 37.6 Å². The lowest BCUT2D eigenvalue weighted by atomic mass is 10.0. The lowest BCUT2D eigenvalue weighted by Crippen LogP contribution is -2.04. The van der Waals surface area contributed by atoms with Crippen LogP contribution in [-0.4, -0.2) is 10.9 Å². The molecule has 0 saturated carbocycles. The molecule has 0 fully saturated rings. The van der Waals surface area contributed by atoms with Crippen LogP contribution in [0.25, 0.3) is 11.1 Å². The Balaban J connectivity index is 1.84. The number of hydrogen-bond acceptors (Lipinski definition) is 4. The van der Waals surface area contributed by atoms with Gasteiger partial charge in [-0.3, -0.25) is 9.78 Å². The number of pyridine rings is 1. The molecule has 2 aromatic carbocycles. The highest BCUT2D eigenvalue weighted by atomic mass is 79.9. The summed E-state index contributed by atoms with van der Waals surface area (Å²) in [5.41, 5.74) is 5.38. The van der Waals surface area contributed by atoms with Gasteiger partial charge >= 0.3 is 0 Å². The Morgan fingerprint density at radius 1 is 1.19 bits per heavy atom. The molecule has 0 radical (unpaired) electrons. The first-order chi connectivity index (χ1) is 12.7. The molecule has 6 heteroatoms. The van der Waals surface area contributed by atoms with Crippen LogP contribution in [0.3, 0.4) is 0 Å². The molecule has 1 aliphatic heterocycles. The Labute approximate surface area is 158 Å². The zero-order valence-electron chi connectivity index (χ0n) is 13.6. The summed E-state index contributed by atoms with van der Waals surface area (Å²) in [5.74, 6) is -0.0308. The lowest BCUT2D eigenvalue weighted by Gasteiger charge is -2.16. The number of fused-ring (bicyclic) bond motifs is 1. The minimum absolute atomic E-state index is 0.0308. The molecule has 1 aromatic heterocycles. The molecule has 4 rings (SSSR count). The zero-order chi connectivity index (χ0) is 18.1. The van der Waals surface area contributed by atoms with Crippen molar-refractivity contribution >= 4 is 38.9 Å². The van der Waals surface area contributed by atoms with E-state index in [4.69, 9.17) is 0 Å². The number of amides is 1. The third kappa shape index (κ3) is 2.93. The quantitative estimate of drug-likeness (QED) is 0.667. The number of hydrogen-bond donors (Lipinski definition) is 2. The maximum Gasteiger partial charge on any atom is 0.228 e. The molecule has 3 aromatic rings. The third-order valence-electron chi connectivity index (χ3n) is 4.25. The first-order valence-electron chi connectivity index (χ1n) is 7.98. The molecule has 1 aliphatic rings. The molecule has 126 valence electrons. The maximum atomic E-state index is 11.7. The SMILES string of the molecule is N#Cc1cncc(-c2cccc(Br)c2)c1Nc1cccc2c1CC(=O)N2. The van der Waals surface area contributed by atoms with Gasteiger partial charge in [-0.15, -0.1) is 0 Å². The van der Waals surface area contributed by atoms with Crippen molar-refractivity contribution in [2.45, 2.75) is 6.42 Å². The van der Waals surface area contributed by atoms with Crippen LogP contribution in [0.5, 0.6) is 0 Å². The normalized spacial score (nSPS) is 12.2. The van der Waals surface area contributed by atoms with Crippen LogP contribution in [0, 0.1) is 11.3 Å². The average molecular weight is 405 g/mol. The van der Waals surface area contributed by atoms with Gasteiger partial charge in [0.05, 0.1) is 17.7 Å². The van der Waals surface area contributed by atoms with Gasteiger partial charge in [0.2, 0.25) is 5.91 Å². The second-order valence-electron chi connectivity index (χ2n) is 5.91. The Morgan fingerprint density at radius 3 is 2.85 bits per heavy atom. The van der Waals surface area contributed by atoms with Gasteiger partial charge in [0.1, 0.15) is 6.07 Å². The van der Waals surface area contributed by atoms with Gasteiger partial charge in [-0.1, -0.05) is 34.1 Å². The number of nitrogens with zero attached hydrogens (tertiary/aromatic N) is 2. The summed E-state index contributed by atoms with van der Waals surface area (Å²) in [7, 11) is 0. The van der Waals surface area contributed by atoms with Gasteiger partial charge < -0.3 is 10.6 Å². The van der Waals surface area contributed by atoms with Crippen molar-refractivity contribution in [3.63, 3.8) is 0 Å². The van der Waals surface area contributed by atoms with E-state index < -0.39 is 0 Å². The highest BCUT2D eigenvalue weighted by molar-refractivity contribution is 9.10. The molecule has 0 saturated heterocycles. The van der Waals surface area contributed by atoms with Crippen LogP contribution in [0.2, 0.25) is 0 Å². The van der Waals surface area contributed by atoms with E-state index in [0.29, 0.717) is 17.7 Å². The monoisotopic (exact) mass is 404 g/mol. The standard InChI is InChI=1S/C20H13BrN4O/c21-14-4-1-3-12(7-14)16-11-23-10-13(9-22)20(16)25-18-6-2-5-17-15(18)8-19(26)24-17/h1-7,10-11H,8H2,(H,23,25)(H,24,26). The van der Waals surface area contributed by atoms with Crippen molar-refractivity contribution < 1.29 is 4.79 Å². The topological polar surface area (TPSA) is 77.8 Å². The molecule has 1 amide bonds. The van der Waals surface area contributed by atoms with Crippen LogP contribution in [0.1, 0.15) is 11.1 Å². The van der Waals surface area contributed by atoms with E-state index in [9.17, 15) is 10.1 Å². The average Bonchev–Trinajstić information content (AvgIpc) is 3.03. The van der Waals surface area contributed by atoms with Crippen molar-refractivity contribution in [2.24, 2.45) is 0 Å². The van der Waals surface area contributed by atoms with E-state index in [1.54, 1.807) is 6.20 Å². The number of benzene rings is 2. The summed E-state index contributed by atoms with van der Waals surface area (Å²) < 4.78 is 0.943. The fourth-order valence-corrected chi connectivity index (χ4v) is 3.46. The number of aromatic nitrogens is 1. The molecule has 0 bridgehead atoms. The number of anilines is 3.